The van der Waals surface area contributed by atoms with Gasteiger partial charge < -0.3 is 15.2 Å². The average Bonchev–Trinajstić information content (AvgIpc) is 3.07. The Hall–Kier alpha value is -1.10. The standard InChI is InChI=1S/C13H21NO4/c1-12(2)9(6-13(12,3)18-4)14-10(15)7-5-8(7)11(16)17/h7-9H,5-6H2,1-4H3,(H,14,15)(H,16,17)/t7-,8-,9-,13+/m0/s1. The number of methoxy groups -OCH3 is 1. The molecule has 2 N–H and O–H groups in total. The number of carboxylic acid groups (broad SMARTS) is 1. The highest BCUT2D eigenvalue weighted by Crippen LogP contribution is 2.52. The van der Waals surface area contributed by atoms with E-state index >= 15 is 0 Å². The summed E-state index contributed by atoms with van der Waals surface area (Å²) < 4.78 is 5.49. The Morgan fingerprint density at radius 3 is 2.28 bits per heavy atom. The first kappa shape index (κ1) is 13.3. The molecule has 0 saturated heterocycles. The maximum absolute atomic E-state index is 11.9. The average molecular weight is 255 g/mol. The van der Waals surface area contributed by atoms with E-state index in [1.165, 1.54) is 0 Å². The van der Waals surface area contributed by atoms with Gasteiger partial charge in [-0.05, 0) is 19.8 Å². The van der Waals surface area contributed by atoms with Gasteiger partial charge >= 0.3 is 5.97 Å². The zero-order valence-electron chi connectivity index (χ0n) is 11.3. The van der Waals surface area contributed by atoms with Gasteiger partial charge in [0.1, 0.15) is 0 Å². The summed E-state index contributed by atoms with van der Waals surface area (Å²) in [6, 6.07) is 0.0602. The molecule has 0 aliphatic heterocycles. The van der Waals surface area contributed by atoms with Crippen molar-refractivity contribution in [2.24, 2.45) is 17.3 Å². The zero-order valence-corrected chi connectivity index (χ0v) is 11.3. The molecule has 2 fully saturated rings. The van der Waals surface area contributed by atoms with E-state index in [2.05, 4.69) is 19.2 Å². The Balaban J connectivity index is 1.90. The number of hydrogen-bond acceptors (Lipinski definition) is 3. The van der Waals surface area contributed by atoms with Crippen LogP contribution < -0.4 is 5.32 Å². The Kier molecular flexibility index (Phi) is 2.93. The fourth-order valence-electron chi connectivity index (χ4n) is 2.76. The van der Waals surface area contributed by atoms with E-state index in [-0.39, 0.29) is 28.9 Å². The molecule has 0 unspecified atom stereocenters. The molecular weight excluding hydrogens is 234 g/mol. The molecule has 2 aliphatic rings. The van der Waals surface area contributed by atoms with Gasteiger partial charge in [-0.15, -0.1) is 0 Å². The molecule has 5 nitrogen and oxygen atoms in total. The van der Waals surface area contributed by atoms with Gasteiger partial charge in [0.15, 0.2) is 0 Å². The molecule has 2 rings (SSSR count). The second-order valence-electron chi connectivity index (χ2n) is 6.21. The van der Waals surface area contributed by atoms with Gasteiger partial charge in [0.05, 0.1) is 17.4 Å². The van der Waals surface area contributed by atoms with Gasteiger partial charge in [0, 0.05) is 18.6 Å². The lowest BCUT2D eigenvalue weighted by atomic mass is 9.56. The minimum atomic E-state index is -0.871. The van der Waals surface area contributed by atoms with Gasteiger partial charge in [-0.1, -0.05) is 13.8 Å². The van der Waals surface area contributed by atoms with Crippen molar-refractivity contribution in [3.05, 3.63) is 0 Å². The molecule has 102 valence electrons. The van der Waals surface area contributed by atoms with Crippen LogP contribution in [0.5, 0.6) is 0 Å². The third kappa shape index (κ3) is 1.81. The van der Waals surface area contributed by atoms with Crippen molar-refractivity contribution in [2.75, 3.05) is 7.11 Å². The van der Waals surface area contributed by atoms with Gasteiger partial charge in [-0.2, -0.15) is 0 Å². The van der Waals surface area contributed by atoms with Gasteiger partial charge in [0.25, 0.3) is 0 Å². The van der Waals surface area contributed by atoms with Crippen LogP contribution >= 0.6 is 0 Å². The number of hydrogen-bond donors (Lipinski definition) is 2. The number of nitrogens with one attached hydrogen (secondary N) is 1. The molecule has 0 radical (unpaired) electrons. The van der Waals surface area contributed by atoms with Crippen molar-refractivity contribution in [1.82, 2.24) is 5.32 Å². The monoisotopic (exact) mass is 255 g/mol. The van der Waals surface area contributed by atoms with Crippen molar-refractivity contribution < 1.29 is 19.4 Å². The van der Waals surface area contributed by atoms with E-state index in [4.69, 9.17) is 9.84 Å². The molecular formula is C13H21NO4. The fraction of sp³-hybridized carbons (Fsp3) is 0.846. The Labute approximate surface area is 107 Å². The van der Waals surface area contributed by atoms with Crippen molar-refractivity contribution in [2.45, 2.75) is 45.3 Å². The lowest BCUT2D eigenvalue weighted by molar-refractivity contribution is -0.182. The zero-order chi connectivity index (χ0) is 13.7. The summed E-state index contributed by atoms with van der Waals surface area (Å²) in [5.74, 6) is -1.82. The lowest BCUT2D eigenvalue weighted by Crippen LogP contribution is -2.68. The number of carbonyl (C=O) groups excluding carboxylic acids is 1. The SMILES string of the molecule is CO[C@]1(C)C[C@H](NC(=O)[C@H]2C[C@@H]2C(=O)O)C1(C)C. The second-order valence-corrected chi connectivity index (χ2v) is 6.21. The molecule has 2 saturated carbocycles. The summed E-state index contributed by atoms with van der Waals surface area (Å²) in [4.78, 5) is 22.6. The van der Waals surface area contributed by atoms with Crippen LogP contribution in [-0.4, -0.2) is 35.7 Å². The molecule has 1 amide bonds. The summed E-state index contributed by atoms with van der Waals surface area (Å²) in [5.41, 5.74) is -0.355. The second kappa shape index (κ2) is 3.95. The first-order valence-corrected chi connectivity index (χ1v) is 6.31. The smallest absolute Gasteiger partial charge is 0.307 e. The molecule has 0 heterocycles. The van der Waals surface area contributed by atoms with Crippen molar-refractivity contribution in [1.29, 1.82) is 0 Å². The predicted molar refractivity (Wildman–Crippen MR) is 65.0 cm³/mol. The maximum atomic E-state index is 11.9. The van der Waals surface area contributed by atoms with E-state index in [1.807, 2.05) is 6.92 Å². The topological polar surface area (TPSA) is 75.6 Å². The summed E-state index contributed by atoms with van der Waals surface area (Å²) in [5, 5.41) is 11.8. The van der Waals surface area contributed by atoms with E-state index in [0.717, 1.165) is 6.42 Å². The number of carboxylic acids is 1. The van der Waals surface area contributed by atoms with Crippen LogP contribution in [0.3, 0.4) is 0 Å². The lowest BCUT2D eigenvalue weighted by Gasteiger charge is -2.59. The van der Waals surface area contributed by atoms with Crippen LogP contribution in [0.2, 0.25) is 0 Å². The third-order valence-corrected chi connectivity index (χ3v) is 5.04. The van der Waals surface area contributed by atoms with E-state index in [1.54, 1.807) is 7.11 Å². The molecule has 0 spiro atoms. The van der Waals surface area contributed by atoms with Gasteiger partial charge in [-0.25, -0.2) is 0 Å². The van der Waals surface area contributed by atoms with Crippen LogP contribution in [-0.2, 0) is 14.3 Å². The van der Waals surface area contributed by atoms with Crippen LogP contribution in [0.15, 0.2) is 0 Å². The van der Waals surface area contributed by atoms with Crippen LogP contribution in [0.4, 0.5) is 0 Å². The summed E-state index contributed by atoms with van der Waals surface area (Å²) in [7, 11) is 1.68. The summed E-state index contributed by atoms with van der Waals surface area (Å²) in [6.45, 7) is 6.16. The predicted octanol–water partition coefficient (Wildman–Crippen LogP) is 1.03. The fourth-order valence-corrected chi connectivity index (χ4v) is 2.76. The Morgan fingerprint density at radius 2 is 1.89 bits per heavy atom. The molecule has 5 heteroatoms. The number of ether oxygens (including phenoxy) is 1. The summed E-state index contributed by atoms with van der Waals surface area (Å²) in [6.07, 6.45) is 1.24. The highest BCUT2D eigenvalue weighted by atomic mass is 16.5. The first-order chi connectivity index (χ1) is 8.23. The number of aliphatic carboxylic acids is 1. The Bertz CT molecular complexity index is 392. The molecule has 18 heavy (non-hydrogen) atoms. The number of rotatable bonds is 4. The normalized spacial score (nSPS) is 40.8. The van der Waals surface area contributed by atoms with Gasteiger partial charge in [-0.3, -0.25) is 9.59 Å². The van der Waals surface area contributed by atoms with Crippen molar-refractivity contribution in [3.8, 4) is 0 Å². The third-order valence-electron chi connectivity index (χ3n) is 5.04. The molecule has 0 aromatic rings. The molecule has 2 aliphatic carbocycles. The van der Waals surface area contributed by atoms with Crippen LogP contribution in [0, 0.1) is 17.3 Å². The first-order valence-electron chi connectivity index (χ1n) is 6.31. The number of amides is 1. The van der Waals surface area contributed by atoms with Crippen molar-refractivity contribution in [3.63, 3.8) is 0 Å². The Morgan fingerprint density at radius 1 is 1.28 bits per heavy atom. The van der Waals surface area contributed by atoms with E-state index < -0.39 is 11.9 Å². The van der Waals surface area contributed by atoms with E-state index in [9.17, 15) is 9.59 Å². The van der Waals surface area contributed by atoms with Crippen LogP contribution in [0.1, 0.15) is 33.6 Å². The molecule has 0 bridgehead atoms. The highest BCUT2D eigenvalue weighted by Gasteiger charge is 2.59. The van der Waals surface area contributed by atoms with E-state index in [0.29, 0.717) is 6.42 Å². The quantitative estimate of drug-likeness (QED) is 0.786. The maximum Gasteiger partial charge on any atom is 0.307 e. The largest absolute Gasteiger partial charge is 0.481 e. The minimum Gasteiger partial charge on any atom is -0.481 e. The highest BCUT2D eigenvalue weighted by molar-refractivity contribution is 5.89. The molecule has 4 atom stereocenters. The van der Waals surface area contributed by atoms with Crippen LogP contribution in [0.25, 0.3) is 0 Å². The molecule has 0 aromatic heterocycles. The van der Waals surface area contributed by atoms with Crippen molar-refractivity contribution >= 4 is 11.9 Å². The molecule has 0 aromatic carbocycles. The van der Waals surface area contributed by atoms with Gasteiger partial charge in [0.2, 0.25) is 5.91 Å². The minimum absolute atomic E-state index is 0.0602. The summed E-state index contributed by atoms with van der Waals surface area (Å²) >= 11 is 0. The number of carbonyl (C=O) groups is 2.